The van der Waals surface area contributed by atoms with Gasteiger partial charge in [-0.15, -0.1) is 0 Å². The zero-order valence-corrected chi connectivity index (χ0v) is 13.3. The molecule has 3 rings (SSSR count). The van der Waals surface area contributed by atoms with Gasteiger partial charge in [0.15, 0.2) is 5.82 Å². The number of hydrogen-bond acceptors (Lipinski definition) is 4. The first-order valence-corrected chi connectivity index (χ1v) is 8.21. The fourth-order valence-electron chi connectivity index (χ4n) is 2.90. The molecule has 2 aromatic rings. The molecule has 116 valence electrons. The summed E-state index contributed by atoms with van der Waals surface area (Å²) in [5.41, 5.74) is 2.37. The molecular weight excluding hydrogens is 272 g/mol. The summed E-state index contributed by atoms with van der Waals surface area (Å²) < 4.78 is 0. The molecule has 4 nitrogen and oxygen atoms in total. The van der Waals surface area contributed by atoms with E-state index in [1.807, 2.05) is 6.07 Å². The van der Waals surface area contributed by atoms with E-state index in [4.69, 9.17) is 0 Å². The lowest BCUT2D eigenvalue weighted by atomic mass is 10.1. The third-order valence-corrected chi connectivity index (χ3v) is 4.24. The zero-order valence-electron chi connectivity index (χ0n) is 13.3. The van der Waals surface area contributed by atoms with Gasteiger partial charge >= 0.3 is 0 Å². The fraction of sp³-hybridized carbons (Fsp3) is 0.444. The van der Waals surface area contributed by atoms with Crippen LogP contribution in [0.1, 0.15) is 19.8 Å². The van der Waals surface area contributed by atoms with E-state index < -0.39 is 0 Å². The molecule has 1 aromatic carbocycles. The van der Waals surface area contributed by atoms with Gasteiger partial charge in [-0.1, -0.05) is 25.5 Å². The minimum absolute atomic E-state index is 0.797. The second kappa shape index (κ2) is 7.36. The summed E-state index contributed by atoms with van der Waals surface area (Å²) in [5.74, 6) is 0.797. The fourth-order valence-corrected chi connectivity index (χ4v) is 2.90. The van der Waals surface area contributed by atoms with Crippen molar-refractivity contribution in [1.29, 1.82) is 0 Å². The Labute approximate surface area is 132 Å². The van der Waals surface area contributed by atoms with Crippen LogP contribution in [-0.4, -0.2) is 47.6 Å². The standard InChI is InChI=1S/C18H24N4/c1-2-3-10-21-11-13-22(14-12-21)17-7-4-6-16(15-17)18-19-8-5-9-20-18/h4-9,15H,2-3,10-14H2,1H3. The van der Waals surface area contributed by atoms with Gasteiger partial charge in [-0.2, -0.15) is 0 Å². The van der Waals surface area contributed by atoms with Crippen LogP contribution in [0.4, 0.5) is 5.69 Å². The van der Waals surface area contributed by atoms with Gasteiger partial charge < -0.3 is 4.90 Å². The molecule has 0 atom stereocenters. The van der Waals surface area contributed by atoms with Crippen molar-refractivity contribution in [3.05, 3.63) is 42.7 Å². The maximum atomic E-state index is 4.34. The van der Waals surface area contributed by atoms with E-state index in [0.717, 1.165) is 37.6 Å². The highest BCUT2D eigenvalue weighted by molar-refractivity contribution is 5.63. The lowest BCUT2D eigenvalue weighted by molar-refractivity contribution is 0.254. The number of hydrogen-bond donors (Lipinski definition) is 0. The lowest BCUT2D eigenvalue weighted by Gasteiger charge is -2.36. The van der Waals surface area contributed by atoms with Crippen LogP contribution >= 0.6 is 0 Å². The van der Waals surface area contributed by atoms with E-state index in [2.05, 4.69) is 51.0 Å². The topological polar surface area (TPSA) is 32.3 Å². The summed E-state index contributed by atoms with van der Waals surface area (Å²) in [6.45, 7) is 8.01. The predicted octanol–water partition coefficient (Wildman–Crippen LogP) is 3.07. The third kappa shape index (κ3) is 3.63. The molecule has 1 aliphatic rings. The Balaban J connectivity index is 1.66. The molecule has 1 aromatic heterocycles. The Morgan fingerprint density at radius 3 is 2.50 bits per heavy atom. The first-order valence-electron chi connectivity index (χ1n) is 8.21. The molecule has 1 fully saturated rings. The number of rotatable bonds is 5. The van der Waals surface area contributed by atoms with E-state index in [-0.39, 0.29) is 0 Å². The van der Waals surface area contributed by atoms with E-state index in [0.29, 0.717) is 0 Å². The lowest BCUT2D eigenvalue weighted by Crippen LogP contribution is -2.46. The minimum atomic E-state index is 0.797. The van der Waals surface area contributed by atoms with E-state index in [9.17, 15) is 0 Å². The van der Waals surface area contributed by atoms with E-state index in [1.165, 1.54) is 25.1 Å². The van der Waals surface area contributed by atoms with Crippen LogP contribution in [0.15, 0.2) is 42.7 Å². The van der Waals surface area contributed by atoms with Crippen LogP contribution in [0.5, 0.6) is 0 Å². The highest BCUT2D eigenvalue weighted by atomic mass is 15.3. The Hall–Kier alpha value is -1.94. The summed E-state index contributed by atoms with van der Waals surface area (Å²) in [6.07, 6.45) is 6.17. The van der Waals surface area contributed by atoms with Gasteiger partial charge in [0.2, 0.25) is 0 Å². The van der Waals surface area contributed by atoms with Crippen molar-refractivity contribution in [3.63, 3.8) is 0 Å². The van der Waals surface area contributed by atoms with E-state index >= 15 is 0 Å². The normalized spacial score (nSPS) is 16.0. The average molecular weight is 296 g/mol. The second-order valence-corrected chi connectivity index (χ2v) is 5.80. The first-order chi connectivity index (χ1) is 10.9. The summed E-state index contributed by atoms with van der Waals surface area (Å²) >= 11 is 0. The predicted molar refractivity (Wildman–Crippen MR) is 91.0 cm³/mol. The number of nitrogens with zero attached hydrogens (tertiary/aromatic N) is 4. The average Bonchev–Trinajstić information content (AvgIpc) is 2.61. The molecule has 0 N–H and O–H groups in total. The molecule has 0 saturated carbocycles. The van der Waals surface area contributed by atoms with Gasteiger partial charge in [0.25, 0.3) is 0 Å². The Bertz CT molecular complexity index is 577. The van der Waals surface area contributed by atoms with Crippen molar-refractivity contribution in [1.82, 2.24) is 14.9 Å². The van der Waals surface area contributed by atoms with Crippen LogP contribution in [0.25, 0.3) is 11.4 Å². The van der Waals surface area contributed by atoms with Crippen LogP contribution in [-0.2, 0) is 0 Å². The summed E-state index contributed by atoms with van der Waals surface area (Å²) in [7, 11) is 0. The molecule has 0 aliphatic carbocycles. The van der Waals surface area contributed by atoms with Crippen molar-refractivity contribution in [2.45, 2.75) is 19.8 Å². The largest absolute Gasteiger partial charge is 0.369 e. The van der Waals surface area contributed by atoms with E-state index in [1.54, 1.807) is 12.4 Å². The van der Waals surface area contributed by atoms with Gasteiger partial charge in [0.1, 0.15) is 0 Å². The molecule has 4 heteroatoms. The molecule has 1 aliphatic heterocycles. The van der Waals surface area contributed by atoms with Crippen molar-refractivity contribution >= 4 is 5.69 Å². The van der Waals surface area contributed by atoms with Crippen molar-refractivity contribution in [2.75, 3.05) is 37.6 Å². The highest BCUT2D eigenvalue weighted by Gasteiger charge is 2.17. The van der Waals surface area contributed by atoms with Gasteiger partial charge in [-0.25, -0.2) is 9.97 Å². The maximum absolute atomic E-state index is 4.34. The summed E-state index contributed by atoms with van der Waals surface area (Å²) in [4.78, 5) is 13.7. The van der Waals surface area contributed by atoms with Crippen LogP contribution in [0, 0.1) is 0 Å². The van der Waals surface area contributed by atoms with Crippen LogP contribution in [0.2, 0.25) is 0 Å². The Kier molecular flexibility index (Phi) is 5.01. The van der Waals surface area contributed by atoms with Crippen molar-refractivity contribution in [2.24, 2.45) is 0 Å². The monoisotopic (exact) mass is 296 g/mol. The molecule has 22 heavy (non-hydrogen) atoms. The summed E-state index contributed by atoms with van der Waals surface area (Å²) in [5, 5.41) is 0. The molecule has 0 bridgehead atoms. The molecule has 0 radical (unpaired) electrons. The minimum Gasteiger partial charge on any atom is -0.369 e. The molecular formula is C18H24N4. The second-order valence-electron chi connectivity index (χ2n) is 5.80. The number of anilines is 1. The van der Waals surface area contributed by atoms with Crippen molar-refractivity contribution in [3.8, 4) is 11.4 Å². The molecule has 2 heterocycles. The Morgan fingerprint density at radius 1 is 1.00 bits per heavy atom. The van der Waals surface area contributed by atoms with Gasteiger partial charge in [-0.3, -0.25) is 4.90 Å². The van der Waals surface area contributed by atoms with Gasteiger partial charge in [-0.05, 0) is 31.2 Å². The van der Waals surface area contributed by atoms with Crippen LogP contribution < -0.4 is 4.90 Å². The molecule has 0 spiro atoms. The quantitative estimate of drug-likeness (QED) is 0.849. The number of piperazine rings is 1. The zero-order chi connectivity index (χ0) is 15.2. The van der Waals surface area contributed by atoms with Crippen LogP contribution in [0.3, 0.4) is 0 Å². The smallest absolute Gasteiger partial charge is 0.159 e. The first kappa shape index (κ1) is 15.0. The van der Waals surface area contributed by atoms with Gasteiger partial charge in [0, 0.05) is 49.8 Å². The molecule has 0 unspecified atom stereocenters. The molecule has 1 saturated heterocycles. The number of aromatic nitrogens is 2. The SMILES string of the molecule is CCCCN1CCN(c2cccc(-c3ncccn3)c2)CC1. The third-order valence-electron chi connectivity index (χ3n) is 4.24. The Morgan fingerprint density at radius 2 is 1.77 bits per heavy atom. The van der Waals surface area contributed by atoms with Crippen molar-refractivity contribution < 1.29 is 0 Å². The summed E-state index contributed by atoms with van der Waals surface area (Å²) in [6, 6.07) is 10.4. The highest BCUT2D eigenvalue weighted by Crippen LogP contribution is 2.23. The van der Waals surface area contributed by atoms with Gasteiger partial charge in [0.05, 0.1) is 0 Å². The maximum Gasteiger partial charge on any atom is 0.159 e. The number of benzene rings is 1. The number of unbranched alkanes of at least 4 members (excludes halogenated alkanes) is 1. The molecule has 0 amide bonds.